The van der Waals surface area contributed by atoms with Gasteiger partial charge >= 0.3 is 0 Å². The Kier molecular flexibility index (Phi) is 6.28. The number of rotatable bonds is 5. The molecule has 0 saturated heterocycles. The minimum Gasteiger partial charge on any atom is -0.481 e. The fraction of sp³-hybridized carbons (Fsp3) is 0.125. The summed E-state index contributed by atoms with van der Waals surface area (Å²) in [6.07, 6.45) is 0.718. The van der Waals surface area contributed by atoms with Crippen molar-refractivity contribution in [1.29, 1.82) is 0 Å². The van der Waals surface area contributed by atoms with Gasteiger partial charge in [0.1, 0.15) is 5.75 Å². The van der Waals surface area contributed by atoms with Crippen LogP contribution in [0.15, 0.2) is 47.6 Å². The molecule has 23 heavy (non-hydrogen) atoms. The van der Waals surface area contributed by atoms with E-state index in [1.54, 1.807) is 49.4 Å². The van der Waals surface area contributed by atoms with Crippen LogP contribution in [0.3, 0.4) is 0 Å². The smallest absolute Gasteiger partial charge is 0.280 e. The molecular formula is C16H13Cl3N2O2. The molecule has 0 bridgehead atoms. The number of nitrogens with one attached hydrogen (secondary N) is 1. The number of nitrogens with zero attached hydrogens (tertiary/aromatic N) is 1. The zero-order valence-electron chi connectivity index (χ0n) is 12.1. The van der Waals surface area contributed by atoms with Gasteiger partial charge in [-0.2, -0.15) is 5.10 Å². The maximum atomic E-state index is 11.9. The molecule has 0 aliphatic heterocycles. The van der Waals surface area contributed by atoms with Crippen LogP contribution in [0.1, 0.15) is 12.5 Å². The number of ether oxygens (including phenoxy) is 1. The van der Waals surface area contributed by atoms with Gasteiger partial charge in [0.2, 0.25) is 0 Å². The zero-order valence-corrected chi connectivity index (χ0v) is 14.4. The first kappa shape index (κ1) is 17.6. The third-order valence-corrected chi connectivity index (χ3v) is 3.42. The molecule has 2 aromatic rings. The van der Waals surface area contributed by atoms with Crippen LogP contribution in [-0.2, 0) is 4.79 Å². The molecule has 1 atom stereocenters. The summed E-state index contributed by atoms with van der Waals surface area (Å²) >= 11 is 17.6. The van der Waals surface area contributed by atoms with Crippen LogP contribution in [-0.4, -0.2) is 18.2 Å². The Morgan fingerprint density at radius 3 is 2.48 bits per heavy atom. The Hall–Kier alpha value is -1.75. The fourth-order valence-electron chi connectivity index (χ4n) is 1.71. The maximum absolute atomic E-state index is 11.9. The summed E-state index contributed by atoms with van der Waals surface area (Å²) < 4.78 is 5.49. The molecule has 0 aliphatic rings. The second kappa shape index (κ2) is 8.20. The number of hydrogen-bond donors (Lipinski definition) is 1. The van der Waals surface area contributed by atoms with Gasteiger partial charge in [0.25, 0.3) is 5.91 Å². The van der Waals surface area contributed by atoms with Crippen LogP contribution in [0.25, 0.3) is 0 Å². The first-order valence-electron chi connectivity index (χ1n) is 6.65. The highest BCUT2D eigenvalue weighted by molar-refractivity contribution is 6.35. The number of carbonyl (C=O) groups excluding carboxylic acids is 1. The number of amides is 1. The van der Waals surface area contributed by atoms with Crippen molar-refractivity contribution in [1.82, 2.24) is 5.43 Å². The van der Waals surface area contributed by atoms with Crippen molar-refractivity contribution in [3.8, 4) is 5.75 Å². The number of hydrazone groups is 1. The largest absolute Gasteiger partial charge is 0.481 e. The molecule has 2 rings (SSSR count). The standard InChI is InChI=1S/C16H13Cl3N2O2/c1-10(23-15-4-2-3-12(17)8-15)16(22)21-20-9-11-5-13(18)7-14(19)6-11/h2-10H,1H3,(H,21,22)/b20-9-/t10-/m1/s1. The molecule has 120 valence electrons. The van der Waals surface area contributed by atoms with Crippen LogP contribution < -0.4 is 10.2 Å². The highest BCUT2D eigenvalue weighted by Gasteiger charge is 2.13. The summed E-state index contributed by atoms with van der Waals surface area (Å²) in [6.45, 7) is 1.61. The lowest BCUT2D eigenvalue weighted by molar-refractivity contribution is -0.127. The van der Waals surface area contributed by atoms with E-state index in [1.807, 2.05) is 0 Å². The molecule has 0 unspecified atom stereocenters. The quantitative estimate of drug-likeness (QED) is 0.618. The van der Waals surface area contributed by atoms with Crippen LogP contribution >= 0.6 is 34.8 Å². The van der Waals surface area contributed by atoms with E-state index in [-0.39, 0.29) is 0 Å². The van der Waals surface area contributed by atoms with Crippen LogP contribution in [0, 0.1) is 0 Å². The van der Waals surface area contributed by atoms with Crippen LogP contribution in [0.4, 0.5) is 0 Å². The molecule has 2 aromatic carbocycles. The van der Waals surface area contributed by atoms with Crippen molar-refractivity contribution in [2.45, 2.75) is 13.0 Å². The van der Waals surface area contributed by atoms with Gasteiger partial charge in [-0.25, -0.2) is 5.43 Å². The summed E-state index contributed by atoms with van der Waals surface area (Å²) in [5.74, 6) is 0.111. The lowest BCUT2D eigenvalue weighted by atomic mass is 10.2. The molecule has 1 amide bonds. The van der Waals surface area contributed by atoms with Gasteiger partial charge in [0.15, 0.2) is 6.10 Å². The van der Waals surface area contributed by atoms with Gasteiger partial charge in [-0.3, -0.25) is 4.79 Å². The highest BCUT2D eigenvalue weighted by atomic mass is 35.5. The molecule has 0 radical (unpaired) electrons. The van der Waals surface area contributed by atoms with E-state index in [2.05, 4.69) is 10.5 Å². The summed E-state index contributed by atoms with van der Waals surface area (Å²) in [5, 5.41) is 5.37. The number of benzene rings is 2. The molecule has 0 aliphatic carbocycles. The summed E-state index contributed by atoms with van der Waals surface area (Å²) in [5.41, 5.74) is 3.06. The van der Waals surface area contributed by atoms with Gasteiger partial charge < -0.3 is 4.74 Å². The summed E-state index contributed by atoms with van der Waals surface area (Å²) in [4.78, 5) is 11.9. The molecule has 7 heteroatoms. The molecule has 0 aromatic heterocycles. The van der Waals surface area contributed by atoms with Crippen molar-refractivity contribution in [3.05, 3.63) is 63.1 Å². The Bertz CT molecular complexity index is 715. The minimum atomic E-state index is -0.728. The monoisotopic (exact) mass is 370 g/mol. The first-order chi connectivity index (χ1) is 10.9. The van der Waals surface area contributed by atoms with Crippen molar-refractivity contribution in [2.75, 3.05) is 0 Å². The summed E-state index contributed by atoms with van der Waals surface area (Å²) in [6, 6.07) is 11.8. The molecule has 0 heterocycles. The SMILES string of the molecule is C[C@@H](Oc1cccc(Cl)c1)C(=O)N/N=C\c1cc(Cl)cc(Cl)c1. The van der Waals surface area contributed by atoms with Gasteiger partial charge in [-0.15, -0.1) is 0 Å². The average Bonchev–Trinajstić information content (AvgIpc) is 2.46. The van der Waals surface area contributed by atoms with Crippen molar-refractivity contribution in [3.63, 3.8) is 0 Å². The molecule has 1 N–H and O–H groups in total. The highest BCUT2D eigenvalue weighted by Crippen LogP contribution is 2.19. The summed E-state index contributed by atoms with van der Waals surface area (Å²) in [7, 11) is 0. The van der Waals surface area contributed by atoms with E-state index in [9.17, 15) is 4.79 Å². The Balaban J connectivity index is 1.92. The normalized spacial score (nSPS) is 12.2. The second-order valence-corrected chi connectivity index (χ2v) is 5.96. The predicted molar refractivity (Wildman–Crippen MR) is 93.7 cm³/mol. The number of halogens is 3. The van der Waals surface area contributed by atoms with E-state index in [4.69, 9.17) is 39.5 Å². The number of carbonyl (C=O) groups is 1. The van der Waals surface area contributed by atoms with Gasteiger partial charge in [-0.05, 0) is 48.9 Å². The molecule has 0 fully saturated rings. The van der Waals surface area contributed by atoms with Crippen molar-refractivity contribution >= 4 is 46.9 Å². The fourth-order valence-corrected chi connectivity index (χ4v) is 2.43. The Morgan fingerprint density at radius 2 is 1.83 bits per heavy atom. The first-order valence-corrected chi connectivity index (χ1v) is 7.78. The second-order valence-electron chi connectivity index (χ2n) is 4.65. The van der Waals surface area contributed by atoms with Crippen molar-refractivity contribution < 1.29 is 9.53 Å². The predicted octanol–water partition coefficient (Wildman–Crippen LogP) is 4.56. The third-order valence-electron chi connectivity index (χ3n) is 2.75. The lowest BCUT2D eigenvalue weighted by Gasteiger charge is -2.12. The lowest BCUT2D eigenvalue weighted by Crippen LogP contribution is -2.33. The van der Waals surface area contributed by atoms with Crippen LogP contribution in [0.5, 0.6) is 5.75 Å². The zero-order chi connectivity index (χ0) is 16.8. The van der Waals surface area contributed by atoms with E-state index in [1.165, 1.54) is 6.21 Å². The van der Waals surface area contributed by atoms with Crippen LogP contribution in [0.2, 0.25) is 15.1 Å². The molecule has 0 saturated carbocycles. The van der Waals surface area contributed by atoms with Gasteiger partial charge in [0, 0.05) is 15.1 Å². The van der Waals surface area contributed by atoms with Crippen molar-refractivity contribution in [2.24, 2.45) is 5.10 Å². The Labute approximate surface area is 149 Å². The van der Waals surface area contributed by atoms with E-state index in [0.717, 1.165) is 0 Å². The van der Waals surface area contributed by atoms with Gasteiger partial charge in [0.05, 0.1) is 6.21 Å². The van der Waals surface area contributed by atoms with E-state index >= 15 is 0 Å². The number of hydrogen-bond acceptors (Lipinski definition) is 3. The minimum absolute atomic E-state index is 0.394. The molecule has 0 spiro atoms. The van der Waals surface area contributed by atoms with Gasteiger partial charge in [-0.1, -0.05) is 40.9 Å². The van der Waals surface area contributed by atoms with E-state index in [0.29, 0.717) is 26.4 Å². The molecule has 4 nitrogen and oxygen atoms in total. The van der Waals surface area contributed by atoms with E-state index < -0.39 is 12.0 Å². The third kappa shape index (κ3) is 5.75. The Morgan fingerprint density at radius 1 is 1.13 bits per heavy atom. The maximum Gasteiger partial charge on any atom is 0.280 e. The molecular weight excluding hydrogens is 359 g/mol. The topological polar surface area (TPSA) is 50.7 Å². The average molecular weight is 372 g/mol.